The first-order valence-corrected chi connectivity index (χ1v) is 16.0. The second kappa shape index (κ2) is 12.2. The summed E-state index contributed by atoms with van der Waals surface area (Å²) in [4.78, 5) is 17.4. The van der Waals surface area contributed by atoms with Crippen molar-refractivity contribution in [1.29, 1.82) is 0 Å². The first-order valence-electron chi connectivity index (χ1n) is 16.0. The predicted molar refractivity (Wildman–Crippen MR) is 176 cm³/mol. The minimum absolute atomic E-state index is 0.0138. The van der Waals surface area contributed by atoms with E-state index in [9.17, 15) is 4.79 Å². The molecule has 0 aromatic heterocycles. The zero-order chi connectivity index (χ0) is 31.0. The van der Waals surface area contributed by atoms with E-state index in [1.165, 1.54) is 22.3 Å². The lowest BCUT2D eigenvalue weighted by Gasteiger charge is -2.32. The summed E-state index contributed by atoms with van der Waals surface area (Å²) < 4.78 is 5.52. The van der Waals surface area contributed by atoms with Gasteiger partial charge in [0.25, 0.3) is 0 Å². The van der Waals surface area contributed by atoms with Gasteiger partial charge in [-0.05, 0) is 77.3 Å². The lowest BCUT2D eigenvalue weighted by atomic mass is 9.91. The second-order valence-electron chi connectivity index (χ2n) is 14.7. The molecule has 2 aromatic rings. The molecule has 2 saturated heterocycles. The fourth-order valence-electron chi connectivity index (χ4n) is 7.90. The highest BCUT2D eigenvalue weighted by Gasteiger charge is 2.53. The molecule has 4 aliphatic rings. The quantitative estimate of drug-likeness (QED) is 0.370. The molecule has 2 heterocycles. The zero-order valence-electron chi connectivity index (χ0n) is 26.9. The van der Waals surface area contributed by atoms with Gasteiger partial charge in [0.15, 0.2) is 0 Å². The van der Waals surface area contributed by atoms with Crippen LogP contribution < -0.4 is 11.1 Å². The van der Waals surface area contributed by atoms with Crippen LogP contribution >= 0.6 is 0 Å². The Kier molecular flexibility index (Phi) is 8.95. The van der Waals surface area contributed by atoms with Gasteiger partial charge in [-0.15, -0.1) is 0 Å². The fourth-order valence-corrected chi connectivity index (χ4v) is 7.90. The van der Waals surface area contributed by atoms with E-state index in [0.717, 1.165) is 51.9 Å². The Bertz CT molecular complexity index is 1300. The molecule has 6 nitrogen and oxygen atoms in total. The first-order chi connectivity index (χ1) is 20.3. The van der Waals surface area contributed by atoms with E-state index in [-0.39, 0.29) is 17.2 Å². The number of ether oxygens (including phenoxy) is 1. The number of nitrogens with zero attached hydrogens (tertiary/aromatic N) is 2. The third kappa shape index (κ3) is 7.08. The number of benzene rings is 2. The molecule has 1 amide bonds. The SMILES string of the molecule is C=C1C[C@@H]2CN([C@H](C)c3ccccc3)C[C@]2(N)C1.C=C1C[C@@H]2CN([C@H](C)c3ccccc3)C[C@]2(NC(=O)OC(C)(C)C)C1. The van der Waals surface area contributed by atoms with Crippen molar-refractivity contribution in [2.45, 2.75) is 89.1 Å². The minimum Gasteiger partial charge on any atom is -0.444 e. The molecule has 2 aromatic carbocycles. The van der Waals surface area contributed by atoms with E-state index < -0.39 is 5.60 Å². The Hall–Kier alpha value is -2.93. The van der Waals surface area contributed by atoms with Crippen LogP contribution in [-0.2, 0) is 4.74 Å². The lowest BCUT2D eigenvalue weighted by molar-refractivity contribution is 0.0444. The molecule has 6 atom stereocenters. The molecule has 3 N–H and O–H groups in total. The third-order valence-electron chi connectivity index (χ3n) is 10.1. The van der Waals surface area contributed by atoms with Crippen LogP contribution in [-0.4, -0.2) is 58.8 Å². The van der Waals surface area contributed by atoms with Crippen LogP contribution in [0.25, 0.3) is 0 Å². The largest absolute Gasteiger partial charge is 0.444 e. The molecule has 43 heavy (non-hydrogen) atoms. The van der Waals surface area contributed by atoms with Crippen LogP contribution in [0.3, 0.4) is 0 Å². The molecule has 2 saturated carbocycles. The number of amides is 1. The highest BCUT2D eigenvalue weighted by atomic mass is 16.6. The predicted octanol–water partition coefficient (Wildman–Crippen LogP) is 7.02. The number of rotatable bonds is 5. The van der Waals surface area contributed by atoms with Gasteiger partial charge in [-0.3, -0.25) is 9.80 Å². The van der Waals surface area contributed by atoms with Gasteiger partial charge >= 0.3 is 6.09 Å². The van der Waals surface area contributed by atoms with E-state index in [1.807, 2.05) is 26.8 Å². The normalized spacial score (nSPS) is 30.3. The summed E-state index contributed by atoms with van der Waals surface area (Å²) in [5.41, 5.74) is 11.1. The summed E-state index contributed by atoms with van der Waals surface area (Å²) in [6.07, 6.45) is 3.63. The Labute approximate surface area is 259 Å². The smallest absolute Gasteiger partial charge is 0.408 e. The Morgan fingerprint density at radius 3 is 1.88 bits per heavy atom. The van der Waals surface area contributed by atoms with Crippen molar-refractivity contribution >= 4 is 6.09 Å². The van der Waals surface area contributed by atoms with Gasteiger partial charge in [0.1, 0.15) is 5.60 Å². The summed E-state index contributed by atoms with van der Waals surface area (Å²) in [5, 5.41) is 3.21. The molecule has 6 heteroatoms. The van der Waals surface area contributed by atoms with E-state index in [0.29, 0.717) is 23.9 Å². The molecular weight excluding hydrogens is 532 g/mol. The van der Waals surface area contributed by atoms with Crippen LogP contribution in [0.15, 0.2) is 85.0 Å². The van der Waals surface area contributed by atoms with Crippen LogP contribution in [0, 0.1) is 11.8 Å². The van der Waals surface area contributed by atoms with Gasteiger partial charge in [0.2, 0.25) is 0 Å². The zero-order valence-corrected chi connectivity index (χ0v) is 26.9. The number of alkyl carbamates (subject to hydrolysis) is 1. The Morgan fingerprint density at radius 1 is 0.860 bits per heavy atom. The number of hydrogen-bond donors (Lipinski definition) is 2. The van der Waals surface area contributed by atoms with Crippen LogP contribution in [0.2, 0.25) is 0 Å². The van der Waals surface area contributed by atoms with Gasteiger partial charge in [0, 0.05) is 49.7 Å². The van der Waals surface area contributed by atoms with Crippen molar-refractivity contribution in [3.8, 4) is 0 Å². The Morgan fingerprint density at radius 2 is 1.35 bits per heavy atom. The summed E-state index contributed by atoms with van der Waals surface area (Å²) in [6.45, 7) is 22.5. The maximum Gasteiger partial charge on any atom is 0.408 e. The summed E-state index contributed by atoms with van der Waals surface area (Å²) in [6, 6.07) is 22.1. The maximum absolute atomic E-state index is 12.4. The molecule has 2 aliphatic heterocycles. The molecule has 6 rings (SSSR count). The highest BCUT2D eigenvalue weighted by Crippen LogP contribution is 2.46. The van der Waals surface area contributed by atoms with Crippen molar-refractivity contribution < 1.29 is 9.53 Å². The van der Waals surface area contributed by atoms with Crippen LogP contribution in [0.4, 0.5) is 4.79 Å². The van der Waals surface area contributed by atoms with E-state index in [2.05, 4.69) is 96.7 Å². The second-order valence-corrected chi connectivity index (χ2v) is 14.7. The molecular formula is C37H52N4O2. The number of carbonyl (C=O) groups excluding carboxylic acids is 1. The topological polar surface area (TPSA) is 70.8 Å². The molecule has 0 spiro atoms. The minimum atomic E-state index is -0.485. The summed E-state index contributed by atoms with van der Waals surface area (Å²) >= 11 is 0. The number of likely N-dealkylation sites (tertiary alicyclic amines) is 2. The summed E-state index contributed by atoms with van der Waals surface area (Å²) in [7, 11) is 0. The van der Waals surface area contributed by atoms with Crippen LogP contribution in [0.5, 0.6) is 0 Å². The van der Waals surface area contributed by atoms with Gasteiger partial charge < -0.3 is 15.8 Å². The fraction of sp³-hybridized carbons (Fsp3) is 0.541. The van der Waals surface area contributed by atoms with Crippen LogP contribution in [0.1, 0.15) is 83.5 Å². The van der Waals surface area contributed by atoms with E-state index in [1.54, 1.807) is 0 Å². The highest BCUT2D eigenvalue weighted by molar-refractivity contribution is 5.69. The monoisotopic (exact) mass is 584 g/mol. The molecule has 232 valence electrons. The number of nitrogens with two attached hydrogens (primary N) is 1. The number of nitrogens with one attached hydrogen (secondary N) is 1. The van der Waals surface area contributed by atoms with Crippen molar-refractivity contribution in [3.63, 3.8) is 0 Å². The standard InChI is InChI=1S/C21H30N2O2.C16H22N2/c1-15-11-18-13-23(16(2)17-9-7-6-8-10-17)14-21(18,12-15)22-19(24)25-20(3,4)5;1-12-8-15-10-18(11-16(15,17)9-12)13(2)14-6-4-3-5-7-14/h6-10,16,18H,1,11-14H2,2-5H3,(H,22,24);3-7,13,15H,1,8-11,17H2,2H3/t16-,18-,21-;13-,15-,16-/m11/s1. The van der Waals surface area contributed by atoms with Gasteiger partial charge in [0.05, 0.1) is 5.54 Å². The lowest BCUT2D eigenvalue weighted by Crippen LogP contribution is -2.53. The van der Waals surface area contributed by atoms with Gasteiger partial charge in [-0.1, -0.05) is 85.0 Å². The summed E-state index contributed by atoms with van der Waals surface area (Å²) in [5.74, 6) is 1.01. The molecule has 0 bridgehead atoms. The molecule has 0 radical (unpaired) electrons. The Balaban J connectivity index is 0.000000180. The molecule has 4 fully saturated rings. The third-order valence-corrected chi connectivity index (χ3v) is 10.1. The van der Waals surface area contributed by atoms with Crippen molar-refractivity contribution in [2.24, 2.45) is 17.6 Å². The van der Waals surface area contributed by atoms with Crippen molar-refractivity contribution in [2.75, 3.05) is 26.2 Å². The van der Waals surface area contributed by atoms with E-state index in [4.69, 9.17) is 10.5 Å². The van der Waals surface area contributed by atoms with Gasteiger partial charge in [-0.2, -0.15) is 0 Å². The van der Waals surface area contributed by atoms with Crippen molar-refractivity contribution in [3.05, 3.63) is 96.1 Å². The van der Waals surface area contributed by atoms with E-state index >= 15 is 0 Å². The first kappa shape index (κ1) is 31.5. The maximum atomic E-state index is 12.4. The van der Waals surface area contributed by atoms with Gasteiger partial charge in [-0.25, -0.2) is 4.79 Å². The van der Waals surface area contributed by atoms with Crippen molar-refractivity contribution in [1.82, 2.24) is 15.1 Å². The molecule has 2 aliphatic carbocycles. The average Bonchev–Trinajstić information content (AvgIpc) is 3.61. The average molecular weight is 585 g/mol. The molecule has 0 unspecified atom stereocenters. The number of fused-ring (bicyclic) bond motifs is 2. The number of carbonyl (C=O) groups is 1. The number of hydrogen-bond acceptors (Lipinski definition) is 5.